The van der Waals surface area contributed by atoms with Gasteiger partial charge in [0.15, 0.2) is 14.1 Å². The Hall–Kier alpha value is -1.47. The average molecular weight is 475 g/mol. The van der Waals surface area contributed by atoms with E-state index in [2.05, 4.69) is 40.7 Å². The molecule has 3 rings (SSSR count). The van der Waals surface area contributed by atoms with E-state index in [0.29, 0.717) is 6.42 Å². The predicted octanol–water partition coefficient (Wildman–Crippen LogP) is 6.41. The van der Waals surface area contributed by atoms with E-state index >= 15 is 0 Å². The van der Waals surface area contributed by atoms with Crippen LogP contribution in [0.5, 0.6) is 5.75 Å². The van der Waals surface area contributed by atoms with E-state index in [1.54, 1.807) is 21.3 Å². The van der Waals surface area contributed by atoms with Crippen LogP contribution in [-0.2, 0) is 18.7 Å². The minimum absolute atomic E-state index is 0.0225. The summed E-state index contributed by atoms with van der Waals surface area (Å²) in [6, 6.07) is 9.23. The molecule has 0 unspecified atom stereocenters. The molecule has 0 aliphatic heterocycles. The van der Waals surface area contributed by atoms with Crippen LogP contribution in [0.25, 0.3) is 0 Å². The number of rotatable bonds is 8. The van der Waals surface area contributed by atoms with E-state index in [1.165, 1.54) is 0 Å². The van der Waals surface area contributed by atoms with Crippen molar-refractivity contribution in [3.05, 3.63) is 40.5 Å². The van der Waals surface area contributed by atoms with E-state index < -0.39 is 8.32 Å². The summed E-state index contributed by atoms with van der Waals surface area (Å²) in [6.07, 6.45) is -0.530. The number of carbonyl (C=O) groups is 1. The standard InChI is InChI=1S/C27H42O5Si/c1-10-33(11-2,12-3)32-25-19-16-20(28)17(4)23(27(19,5)6)26(31-9)24(30-8)18-14-13-15-21(29-7)22(18)25/h13-15,19,24-26H,10-12,16H2,1-9H3/t19-,24+,25-,26-/m0/s1. The summed E-state index contributed by atoms with van der Waals surface area (Å²) in [4.78, 5) is 13.4. The molecule has 0 radical (unpaired) electrons. The number of hydrogen-bond donors (Lipinski definition) is 0. The second-order valence-corrected chi connectivity index (χ2v) is 14.8. The number of hydrogen-bond acceptors (Lipinski definition) is 5. The van der Waals surface area contributed by atoms with Crippen LogP contribution in [0.15, 0.2) is 29.3 Å². The third-order valence-corrected chi connectivity index (χ3v) is 13.1. The Bertz CT molecular complexity index is 894. The molecule has 1 aromatic carbocycles. The van der Waals surface area contributed by atoms with Gasteiger partial charge in [0.1, 0.15) is 18.0 Å². The smallest absolute Gasteiger partial charge is 0.192 e. The number of carbonyl (C=O) groups excluding carboxylic acids is 1. The molecular weight excluding hydrogens is 432 g/mol. The summed E-state index contributed by atoms with van der Waals surface area (Å²) in [5, 5.41) is 0. The number of Topliss-reactive ketones (excluding diaryl/α,β-unsaturated/α-hetero) is 1. The summed E-state index contributed by atoms with van der Waals surface area (Å²) in [5.74, 6) is 0.944. The molecule has 0 N–H and O–H groups in total. The topological polar surface area (TPSA) is 54.0 Å². The molecule has 2 bridgehead atoms. The van der Waals surface area contributed by atoms with Gasteiger partial charge in [-0.1, -0.05) is 46.8 Å². The summed E-state index contributed by atoms with van der Waals surface area (Å²) in [6.45, 7) is 13.2. The highest BCUT2D eigenvalue weighted by Gasteiger charge is 2.53. The van der Waals surface area contributed by atoms with Gasteiger partial charge >= 0.3 is 0 Å². The van der Waals surface area contributed by atoms with Crippen molar-refractivity contribution < 1.29 is 23.4 Å². The predicted molar refractivity (Wildman–Crippen MR) is 134 cm³/mol. The van der Waals surface area contributed by atoms with Crippen LogP contribution in [0.3, 0.4) is 0 Å². The van der Waals surface area contributed by atoms with Crippen molar-refractivity contribution in [2.45, 2.75) is 84.4 Å². The second-order valence-electron chi connectivity index (χ2n) is 10.1. The highest BCUT2D eigenvalue weighted by atomic mass is 28.4. The average Bonchev–Trinajstić information content (AvgIpc) is 2.82. The molecule has 0 saturated carbocycles. The van der Waals surface area contributed by atoms with Crippen LogP contribution in [-0.4, -0.2) is 41.5 Å². The number of allylic oxidation sites excluding steroid dienone is 1. The molecule has 184 valence electrons. The lowest BCUT2D eigenvalue weighted by Gasteiger charge is -2.52. The molecule has 4 atom stereocenters. The van der Waals surface area contributed by atoms with E-state index in [9.17, 15) is 4.79 Å². The third-order valence-electron chi connectivity index (χ3n) is 8.50. The SMILES string of the molecule is CC[Si](CC)(CC)O[C@@H]1c2c(OC)cccc2[C@@H](OC)[C@@H](OC)C2=C(C)C(=O)C[C@@H]1C2(C)C. The first kappa shape index (κ1) is 26.1. The van der Waals surface area contributed by atoms with Gasteiger partial charge in [-0.15, -0.1) is 0 Å². The van der Waals surface area contributed by atoms with Crippen LogP contribution < -0.4 is 4.74 Å². The first-order valence-corrected chi connectivity index (χ1v) is 14.8. The molecule has 33 heavy (non-hydrogen) atoms. The molecule has 5 nitrogen and oxygen atoms in total. The van der Waals surface area contributed by atoms with Gasteiger partial charge in [0.2, 0.25) is 0 Å². The molecule has 0 saturated heterocycles. The monoisotopic (exact) mass is 474 g/mol. The highest BCUT2D eigenvalue weighted by molar-refractivity contribution is 6.73. The van der Waals surface area contributed by atoms with Crippen molar-refractivity contribution in [3.8, 4) is 5.75 Å². The van der Waals surface area contributed by atoms with Gasteiger partial charge in [0.05, 0.1) is 13.2 Å². The van der Waals surface area contributed by atoms with Crippen LogP contribution in [0.1, 0.15) is 71.3 Å². The number of ketones is 1. The zero-order valence-electron chi connectivity index (χ0n) is 21.9. The van der Waals surface area contributed by atoms with Gasteiger partial charge in [-0.25, -0.2) is 0 Å². The summed E-state index contributed by atoms with van der Waals surface area (Å²) < 4.78 is 25.4. The fraction of sp³-hybridized carbons (Fsp3) is 0.667. The van der Waals surface area contributed by atoms with Gasteiger partial charge in [0, 0.05) is 32.1 Å². The Morgan fingerprint density at radius 3 is 2.09 bits per heavy atom. The molecule has 0 fully saturated rings. The Morgan fingerprint density at radius 2 is 1.58 bits per heavy atom. The van der Waals surface area contributed by atoms with Crippen LogP contribution >= 0.6 is 0 Å². The van der Waals surface area contributed by atoms with Gasteiger partial charge in [-0.2, -0.15) is 0 Å². The minimum atomic E-state index is -2.02. The zero-order chi connectivity index (χ0) is 24.6. The molecule has 2 aliphatic rings. The molecule has 2 aliphatic carbocycles. The molecule has 0 aromatic heterocycles. The lowest BCUT2D eigenvalue weighted by molar-refractivity contribution is -0.122. The van der Waals surface area contributed by atoms with E-state index in [1.807, 2.05) is 19.1 Å². The normalized spacial score (nSPS) is 27.1. The summed E-state index contributed by atoms with van der Waals surface area (Å²) in [5.41, 5.74) is 3.58. The lowest BCUT2D eigenvalue weighted by Crippen LogP contribution is -2.49. The van der Waals surface area contributed by atoms with Gasteiger partial charge in [-0.3, -0.25) is 4.79 Å². The highest BCUT2D eigenvalue weighted by Crippen LogP contribution is 2.58. The third kappa shape index (κ3) is 4.24. The number of ether oxygens (including phenoxy) is 3. The molecule has 1 aromatic rings. The minimum Gasteiger partial charge on any atom is -0.496 e. The Morgan fingerprint density at radius 1 is 0.970 bits per heavy atom. The van der Waals surface area contributed by atoms with E-state index in [4.69, 9.17) is 18.6 Å². The maximum absolute atomic E-state index is 13.4. The Kier molecular flexibility index (Phi) is 7.94. The van der Waals surface area contributed by atoms with Gasteiger partial charge in [0.25, 0.3) is 0 Å². The largest absolute Gasteiger partial charge is 0.496 e. The molecule has 0 heterocycles. The number of fused-ring (bicyclic) bond motifs is 3. The summed E-state index contributed by atoms with van der Waals surface area (Å²) >= 11 is 0. The van der Waals surface area contributed by atoms with Crippen molar-refractivity contribution in [2.75, 3.05) is 21.3 Å². The molecular formula is C27H42O5Si. The molecule has 0 amide bonds. The fourth-order valence-electron chi connectivity index (χ4n) is 6.22. The summed E-state index contributed by atoms with van der Waals surface area (Å²) in [7, 11) is 3.11. The number of methoxy groups -OCH3 is 3. The zero-order valence-corrected chi connectivity index (χ0v) is 22.9. The van der Waals surface area contributed by atoms with Crippen molar-refractivity contribution in [2.24, 2.45) is 11.3 Å². The van der Waals surface area contributed by atoms with Crippen LogP contribution in [0, 0.1) is 11.3 Å². The maximum atomic E-state index is 13.4. The Labute approximate surface area is 201 Å². The van der Waals surface area contributed by atoms with E-state index in [-0.39, 0.29) is 35.4 Å². The Balaban J connectivity index is 2.41. The molecule has 6 heteroatoms. The van der Waals surface area contributed by atoms with Gasteiger partial charge < -0.3 is 18.6 Å². The second kappa shape index (κ2) is 10.0. The van der Waals surface area contributed by atoms with E-state index in [0.717, 1.165) is 46.2 Å². The fourth-order valence-corrected chi connectivity index (χ4v) is 9.04. The van der Waals surface area contributed by atoms with Gasteiger partial charge in [-0.05, 0) is 53.2 Å². The van der Waals surface area contributed by atoms with Crippen LogP contribution in [0.4, 0.5) is 0 Å². The first-order valence-electron chi connectivity index (χ1n) is 12.3. The lowest BCUT2D eigenvalue weighted by atomic mass is 9.58. The van der Waals surface area contributed by atoms with Crippen molar-refractivity contribution in [1.82, 2.24) is 0 Å². The first-order chi connectivity index (χ1) is 15.7. The van der Waals surface area contributed by atoms with Crippen molar-refractivity contribution in [1.29, 1.82) is 0 Å². The van der Waals surface area contributed by atoms with Crippen molar-refractivity contribution in [3.63, 3.8) is 0 Å². The van der Waals surface area contributed by atoms with Crippen LogP contribution in [0.2, 0.25) is 18.1 Å². The number of benzene rings is 1. The maximum Gasteiger partial charge on any atom is 0.192 e. The van der Waals surface area contributed by atoms with Crippen molar-refractivity contribution >= 4 is 14.1 Å². The quantitative estimate of drug-likeness (QED) is 0.408. The molecule has 0 spiro atoms.